The number of aryl methyl sites for hydroxylation is 4. The van der Waals surface area contributed by atoms with Crippen LogP contribution in [0.3, 0.4) is 0 Å². The number of benzene rings is 10. The number of fused-ring (bicyclic) bond motifs is 12. The molecule has 4 aliphatic carbocycles. The molecule has 0 radical (unpaired) electrons. The summed E-state index contributed by atoms with van der Waals surface area (Å²) in [5, 5.41) is 0. The number of hydrogen-bond acceptors (Lipinski definition) is 4. The molecule has 20 rings (SSSR count). The van der Waals surface area contributed by atoms with Crippen molar-refractivity contribution in [1.29, 1.82) is 0 Å². The molecule has 14 aromatic rings. The van der Waals surface area contributed by atoms with Crippen molar-refractivity contribution in [3.8, 4) is 44.5 Å². The summed E-state index contributed by atoms with van der Waals surface area (Å²) in [7, 11) is 25.1. The van der Waals surface area contributed by atoms with E-state index in [1.807, 2.05) is 45.3 Å². The maximum atomic E-state index is 12.6. The number of hydrogen-bond donors (Lipinski definition) is 0. The van der Waals surface area contributed by atoms with Crippen LogP contribution < -0.4 is 8.79 Å². The predicted octanol–water partition coefficient (Wildman–Crippen LogP) is 23.9. The van der Waals surface area contributed by atoms with Gasteiger partial charge in [0.05, 0.1) is 0 Å². The summed E-state index contributed by atoms with van der Waals surface area (Å²) in [5.41, 5.74) is 25.1. The Morgan fingerprint density at radius 2 is 0.465 bits per heavy atom. The van der Waals surface area contributed by atoms with Gasteiger partial charge in [0, 0.05) is 0 Å². The average Bonchev–Trinajstić information content (AvgIpc) is 1.48. The van der Waals surface area contributed by atoms with Gasteiger partial charge in [-0.3, -0.25) is 0 Å². The van der Waals surface area contributed by atoms with E-state index in [4.69, 9.17) is 0 Å². The Morgan fingerprint density at radius 1 is 0.248 bits per heavy atom. The van der Waals surface area contributed by atoms with E-state index in [0.717, 1.165) is 0 Å². The summed E-state index contributed by atoms with van der Waals surface area (Å²) < 4.78 is -1.32. The fraction of sp³-hybridized carbons (Fsp3) is 0.0870. The third-order valence-electron chi connectivity index (χ3n) is 24.9. The zero-order valence-electron chi connectivity index (χ0n) is 56.2. The summed E-state index contributed by atoms with van der Waals surface area (Å²) in [6.07, 6.45) is 10.9. The topological polar surface area (TPSA) is 0 Å². The quantitative estimate of drug-likeness (QED) is 0.120. The second-order valence-corrected chi connectivity index (χ2v) is 105. The number of rotatable bonds is 10. The van der Waals surface area contributed by atoms with E-state index in [1.165, 1.54) is 159 Å². The molecule has 4 aromatic heterocycles. The summed E-state index contributed by atoms with van der Waals surface area (Å²) >= 11 is -9.70. The van der Waals surface area contributed by atoms with Crippen molar-refractivity contribution < 1.29 is 14.7 Å². The van der Waals surface area contributed by atoms with Crippen molar-refractivity contribution in [2.75, 3.05) is 0 Å². The molecular formula is C92H68Cl2Ge2HfS4. The van der Waals surface area contributed by atoms with Gasteiger partial charge in [0.1, 0.15) is 0 Å². The third kappa shape index (κ3) is 7.37. The van der Waals surface area contributed by atoms with E-state index in [1.54, 1.807) is 0 Å². The number of thiophene rings is 4. The minimum atomic E-state index is -8.86. The second kappa shape index (κ2) is 22.5. The monoisotopic (exact) mass is 1700 g/mol. The summed E-state index contributed by atoms with van der Waals surface area (Å²) in [4.78, 5) is 10.1. The minimum absolute atomic E-state index is 1.04. The van der Waals surface area contributed by atoms with E-state index in [-0.39, 0.29) is 0 Å². The van der Waals surface area contributed by atoms with Gasteiger partial charge in [0.15, 0.2) is 0 Å². The molecule has 6 heterocycles. The fourth-order valence-electron chi connectivity index (χ4n) is 22.4. The molecule has 4 atom stereocenters. The van der Waals surface area contributed by atoms with Crippen LogP contribution in [0.5, 0.6) is 0 Å². The summed E-state index contributed by atoms with van der Waals surface area (Å²) in [6, 6.07) is 119. The first-order valence-corrected chi connectivity index (χ1v) is 61.8. The molecule has 0 saturated carbocycles. The first kappa shape index (κ1) is 63.2. The molecule has 2 saturated heterocycles. The molecule has 101 heavy (non-hydrogen) atoms. The van der Waals surface area contributed by atoms with Crippen LogP contribution in [0.15, 0.2) is 303 Å². The maximum absolute atomic E-state index is 12.6. The van der Waals surface area contributed by atoms with Crippen molar-refractivity contribution in [3.05, 3.63) is 387 Å². The van der Waals surface area contributed by atoms with Gasteiger partial charge in [-0.25, -0.2) is 0 Å². The van der Waals surface area contributed by atoms with Gasteiger partial charge in [0.2, 0.25) is 0 Å². The normalized spacial score (nSPS) is 23.7. The van der Waals surface area contributed by atoms with Gasteiger partial charge in [0.25, 0.3) is 0 Å². The Kier molecular flexibility index (Phi) is 14.1. The van der Waals surface area contributed by atoms with Crippen molar-refractivity contribution >= 4 is 147 Å². The van der Waals surface area contributed by atoms with Gasteiger partial charge in [-0.05, 0) is 0 Å². The molecule has 4 unspecified atom stereocenters. The van der Waals surface area contributed by atoms with E-state index in [9.17, 15) is 17.2 Å². The molecule has 0 nitrogen and oxygen atoms in total. The van der Waals surface area contributed by atoms with Crippen molar-refractivity contribution in [3.63, 3.8) is 0 Å². The first-order chi connectivity index (χ1) is 49.4. The molecule has 6 aliphatic rings. The van der Waals surface area contributed by atoms with Gasteiger partial charge >= 0.3 is 628 Å². The van der Waals surface area contributed by atoms with Crippen LogP contribution in [0.4, 0.5) is 0 Å². The van der Waals surface area contributed by atoms with E-state index in [0.29, 0.717) is 0 Å². The average molecular weight is 1700 g/mol. The predicted molar refractivity (Wildman–Crippen MR) is 440 cm³/mol. The van der Waals surface area contributed by atoms with Crippen LogP contribution in [-0.4, -0.2) is 28.7 Å². The number of allylic oxidation sites excluding steroid dienone is 4. The van der Waals surface area contributed by atoms with Gasteiger partial charge in [-0.2, -0.15) is 0 Å². The molecule has 2 fully saturated rings. The van der Waals surface area contributed by atoms with Gasteiger partial charge < -0.3 is 0 Å². The van der Waals surface area contributed by atoms with Crippen LogP contribution in [0.1, 0.15) is 83.5 Å². The third-order valence-corrected chi connectivity index (χ3v) is 195. The molecule has 10 aromatic carbocycles. The molecule has 486 valence electrons. The molecule has 0 bridgehead atoms. The Bertz CT molecular complexity index is 5250. The van der Waals surface area contributed by atoms with Crippen LogP contribution in [0, 0.1) is 27.7 Å². The Morgan fingerprint density at radius 3 is 0.673 bits per heavy atom. The van der Waals surface area contributed by atoms with Crippen LogP contribution in [0.25, 0.3) is 91.1 Å². The standard InChI is InChI=1S/2C46H34GeS2.2ClH.Hf/c2*1-30-24-26-43(48-30)41-28-39-35(32-14-6-3-7-15-32)20-12-22-37(39)45(41)47(34-18-10-5-11-19-34)46-38-23-13-21-36(33-16-8-4-9-17-33)40(38)29-42(46)44-27-25-31(2)49-44;;;/h2*3-29,47H,1-2H3;2*1H;/q;;;;+2/p-2. The van der Waals surface area contributed by atoms with Crippen molar-refractivity contribution in [2.45, 2.75) is 35.7 Å². The summed E-state index contributed by atoms with van der Waals surface area (Å²) in [5.74, 6) is 0. The van der Waals surface area contributed by atoms with E-state index in [2.05, 4.69) is 355 Å². The van der Waals surface area contributed by atoms with Crippen LogP contribution in [-0.2, 0) is 22.7 Å². The van der Waals surface area contributed by atoms with Crippen molar-refractivity contribution in [1.82, 2.24) is 0 Å². The van der Waals surface area contributed by atoms with E-state index < -0.39 is 51.4 Å². The zero-order valence-corrected chi connectivity index (χ0v) is 69.4. The first-order valence-electron chi connectivity index (χ1n) is 35.1. The number of halogens is 2. The van der Waals surface area contributed by atoms with Crippen LogP contribution >= 0.6 is 62.5 Å². The van der Waals surface area contributed by atoms with Crippen molar-refractivity contribution in [2.24, 2.45) is 0 Å². The SMILES string of the molecule is Cc1ccc(C2=Cc3c(-c4ccccc4)cccc3[C]23[GeH]([c]2ccccc2)[C]2(C(c4ccc(C)s4)=Cc4c(-c5ccccc5)cccc42)[Hf]32([Cl])([Cl])[C]3(C(c4ccc(C)s4)=Cc4c(-c5ccccc5)cccc43)[GeH]([c]3ccccc3)[C]23C(c2ccc(C)s2)=Cc2c(-c4ccccc4)cccc23)s1. The van der Waals surface area contributed by atoms with Crippen LogP contribution in [0.2, 0.25) is 0 Å². The Hall–Kier alpha value is -7.50. The molecule has 5 spiro atoms. The second-order valence-electron chi connectivity index (χ2n) is 28.9. The Balaban J connectivity index is 1.15. The van der Waals surface area contributed by atoms with E-state index >= 15 is 0 Å². The van der Waals surface area contributed by atoms with Gasteiger partial charge in [-0.1, -0.05) is 0 Å². The Labute approximate surface area is 621 Å². The molecule has 9 heteroatoms. The molecule has 0 amide bonds. The molecule has 2 aliphatic heterocycles. The summed E-state index contributed by atoms with van der Waals surface area (Å²) in [6.45, 7) is 9.24. The van der Waals surface area contributed by atoms with Gasteiger partial charge in [-0.15, -0.1) is 0 Å². The zero-order chi connectivity index (χ0) is 67.9. The fourth-order valence-corrected chi connectivity index (χ4v) is 276. The molecule has 0 N–H and O–H groups in total. The molecular weight excluding hydrogens is 1630 g/mol.